The Labute approximate surface area is 147 Å². The maximum Gasteiger partial charge on any atom is 0.0366 e. The Morgan fingerprint density at radius 1 is 0.875 bits per heavy atom. The summed E-state index contributed by atoms with van der Waals surface area (Å²) in [7, 11) is 2.26. The maximum absolute atomic E-state index is 7.50. The summed E-state index contributed by atoms with van der Waals surface area (Å²) in [5.74, 6) is 0. The van der Waals surface area contributed by atoms with Gasteiger partial charge in [-0.05, 0) is 70.3 Å². The molecule has 0 saturated carbocycles. The Morgan fingerprint density at radius 2 is 1.29 bits per heavy atom. The number of nitrogens with zero attached hydrogens (tertiary/aromatic N) is 2. The summed E-state index contributed by atoms with van der Waals surface area (Å²) in [6, 6.07) is 9.02. The minimum atomic E-state index is 0. The number of nitroso groups, excluding NO2 is 1. The molecule has 2 heterocycles. The Bertz CT molecular complexity index is 432. The summed E-state index contributed by atoms with van der Waals surface area (Å²) >= 11 is 0. The van der Waals surface area contributed by atoms with Gasteiger partial charge in [-0.3, -0.25) is 0 Å². The summed E-state index contributed by atoms with van der Waals surface area (Å²) in [5, 5.41) is 0. The second-order valence-corrected chi connectivity index (χ2v) is 6.63. The van der Waals surface area contributed by atoms with E-state index in [0.29, 0.717) is 5.41 Å². The van der Waals surface area contributed by atoms with Crippen LogP contribution in [0.25, 0.3) is 0 Å². The van der Waals surface area contributed by atoms with Crippen molar-refractivity contribution in [1.29, 1.82) is 5.59 Å². The van der Waals surface area contributed by atoms with Crippen LogP contribution in [0.2, 0.25) is 0 Å². The molecule has 3 N–H and O–H groups in total. The molecule has 3 rings (SSSR count). The molecule has 0 amide bonds. The molecule has 0 atom stereocenters. The van der Waals surface area contributed by atoms with Crippen molar-refractivity contribution in [3.8, 4) is 0 Å². The first-order chi connectivity index (χ1) is 11.2. The molecule has 2 aliphatic heterocycles. The number of likely N-dealkylation sites (tertiary alicyclic amines) is 1. The number of hydrogen-bond acceptors (Lipinski definition) is 4. The van der Waals surface area contributed by atoms with Crippen LogP contribution in [0.3, 0.4) is 0 Å². The molecule has 0 radical (unpaired) electrons. The molecule has 2 saturated heterocycles. The molecule has 1 spiro atoms. The van der Waals surface area contributed by atoms with Gasteiger partial charge < -0.3 is 15.3 Å². The minimum Gasteiger partial charge on any atom is -0.412 e. The van der Waals surface area contributed by atoms with Crippen molar-refractivity contribution in [1.82, 2.24) is 4.90 Å². The zero-order valence-corrected chi connectivity index (χ0v) is 15.8. The number of nitrogens with one attached hydrogen (secondary N) is 1. The molecular formula is C19H35N3O2. The molecule has 138 valence electrons. The van der Waals surface area contributed by atoms with Crippen molar-refractivity contribution in [2.45, 2.75) is 46.5 Å². The third-order valence-corrected chi connectivity index (χ3v) is 5.27. The van der Waals surface area contributed by atoms with E-state index in [1.54, 1.807) is 0 Å². The molecule has 2 fully saturated rings. The predicted octanol–water partition coefficient (Wildman–Crippen LogP) is 3.84. The van der Waals surface area contributed by atoms with Crippen molar-refractivity contribution in [3.63, 3.8) is 0 Å². The number of rotatable bonds is 1. The van der Waals surface area contributed by atoms with Gasteiger partial charge in [-0.2, -0.15) is 4.91 Å². The van der Waals surface area contributed by atoms with E-state index in [1.807, 2.05) is 13.8 Å². The summed E-state index contributed by atoms with van der Waals surface area (Å²) in [5.41, 5.74) is 7.93. The average molecular weight is 338 g/mol. The summed E-state index contributed by atoms with van der Waals surface area (Å²) in [4.78, 5) is 12.6. The number of hydrogen-bond donors (Lipinski definition) is 1. The Balaban J connectivity index is 0.000000987. The van der Waals surface area contributed by atoms with Crippen LogP contribution in [-0.2, 0) is 0 Å². The highest BCUT2D eigenvalue weighted by atomic mass is 16.2. The lowest BCUT2D eigenvalue weighted by Crippen LogP contribution is -2.46. The Kier molecular flexibility index (Phi) is 10.5. The van der Waals surface area contributed by atoms with E-state index >= 15 is 0 Å². The summed E-state index contributed by atoms with van der Waals surface area (Å²) in [6.45, 7) is 11.2. The van der Waals surface area contributed by atoms with Gasteiger partial charge in [-0.15, -0.1) is 0 Å². The molecule has 1 aromatic carbocycles. The molecule has 1 aromatic rings. The van der Waals surface area contributed by atoms with Crippen LogP contribution in [0, 0.1) is 22.8 Å². The highest BCUT2D eigenvalue weighted by molar-refractivity contribution is 5.47. The molecule has 24 heavy (non-hydrogen) atoms. The monoisotopic (exact) mass is 337 g/mol. The highest BCUT2D eigenvalue weighted by Gasteiger charge is 2.36. The molecule has 0 unspecified atom stereocenters. The lowest BCUT2D eigenvalue weighted by Gasteiger charge is -2.46. The minimum absolute atomic E-state index is 0. The Morgan fingerprint density at radius 3 is 1.75 bits per heavy atom. The molecule has 5 nitrogen and oxygen atoms in total. The van der Waals surface area contributed by atoms with Crippen molar-refractivity contribution in [2.75, 3.05) is 38.1 Å². The maximum atomic E-state index is 7.50. The fraction of sp³-hybridized carbons (Fsp3) is 0.684. The number of anilines is 1. The van der Waals surface area contributed by atoms with E-state index in [1.165, 1.54) is 63.1 Å². The molecule has 0 aliphatic carbocycles. The van der Waals surface area contributed by atoms with Crippen LogP contribution >= 0.6 is 0 Å². The smallest absolute Gasteiger partial charge is 0.0366 e. The zero-order valence-electron chi connectivity index (χ0n) is 15.8. The average Bonchev–Trinajstić information content (AvgIpc) is 2.63. The van der Waals surface area contributed by atoms with Gasteiger partial charge in [0.05, 0.1) is 0 Å². The summed E-state index contributed by atoms with van der Waals surface area (Å²) in [6.07, 6.45) is 5.58. The van der Waals surface area contributed by atoms with Gasteiger partial charge in [0.25, 0.3) is 0 Å². The largest absolute Gasteiger partial charge is 0.412 e. The van der Waals surface area contributed by atoms with E-state index in [9.17, 15) is 0 Å². The molecule has 5 heteroatoms. The first-order valence-electron chi connectivity index (χ1n) is 8.88. The van der Waals surface area contributed by atoms with Gasteiger partial charge in [0.2, 0.25) is 0 Å². The number of piperidine rings is 2. The van der Waals surface area contributed by atoms with Crippen LogP contribution in [0.4, 0.5) is 5.69 Å². The SMILES string of the molecule is CC.Cc1ccc(N2CCC3(CCN(C)CC3)CC2)cc1.N=O.O. The zero-order chi connectivity index (χ0) is 17.3. The van der Waals surface area contributed by atoms with Crippen molar-refractivity contribution >= 4 is 5.69 Å². The summed E-state index contributed by atoms with van der Waals surface area (Å²) < 4.78 is 0. The molecular weight excluding hydrogens is 302 g/mol. The van der Waals surface area contributed by atoms with Crippen LogP contribution < -0.4 is 4.90 Å². The van der Waals surface area contributed by atoms with Crippen LogP contribution in [0.15, 0.2) is 24.3 Å². The van der Waals surface area contributed by atoms with Gasteiger partial charge in [-0.25, -0.2) is 0 Å². The van der Waals surface area contributed by atoms with Crippen molar-refractivity contribution in [3.05, 3.63) is 34.7 Å². The lowest BCUT2D eigenvalue weighted by molar-refractivity contribution is 0.0945. The predicted molar refractivity (Wildman–Crippen MR) is 103 cm³/mol. The standard InChI is InChI=1S/C17H26N2.C2H6.HNO.H2O/c1-15-3-5-16(6-4-15)19-13-9-17(10-14-19)7-11-18(2)12-8-17;2*1-2;/h3-6H,7-14H2,1-2H3;1-2H3;1H;1H2. The van der Waals surface area contributed by atoms with Crippen LogP contribution in [-0.4, -0.2) is 43.6 Å². The fourth-order valence-corrected chi connectivity index (χ4v) is 3.59. The first kappa shape index (κ1) is 22.5. The van der Waals surface area contributed by atoms with Gasteiger partial charge in [0, 0.05) is 18.8 Å². The van der Waals surface area contributed by atoms with E-state index in [4.69, 9.17) is 4.91 Å². The van der Waals surface area contributed by atoms with Crippen molar-refractivity contribution in [2.24, 2.45) is 5.41 Å². The van der Waals surface area contributed by atoms with E-state index in [2.05, 4.69) is 53.6 Å². The number of benzene rings is 1. The van der Waals surface area contributed by atoms with Gasteiger partial charge in [0.15, 0.2) is 0 Å². The third kappa shape index (κ3) is 5.87. The molecule has 0 bridgehead atoms. The lowest BCUT2D eigenvalue weighted by atomic mass is 9.71. The normalized spacial score (nSPS) is 19.2. The second kappa shape index (κ2) is 11.2. The van der Waals surface area contributed by atoms with E-state index in [0.717, 1.165) is 0 Å². The van der Waals surface area contributed by atoms with Crippen molar-refractivity contribution < 1.29 is 5.48 Å². The highest BCUT2D eigenvalue weighted by Crippen LogP contribution is 2.41. The van der Waals surface area contributed by atoms with Crippen LogP contribution in [0.1, 0.15) is 45.1 Å². The fourth-order valence-electron chi connectivity index (χ4n) is 3.59. The van der Waals surface area contributed by atoms with Crippen LogP contribution in [0.5, 0.6) is 0 Å². The van der Waals surface area contributed by atoms with Gasteiger partial charge in [-0.1, -0.05) is 37.1 Å². The molecule has 0 aromatic heterocycles. The number of aryl methyl sites for hydroxylation is 1. The Hall–Kier alpha value is -1.46. The quantitative estimate of drug-likeness (QED) is 0.791. The third-order valence-electron chi connectivity index (χ3n) is 5.27. The molecule has 2 aliphatic rings. The van der Waals surface area contributed by atoms with Gasteiger partial charge in [0.1, 0.15) is 0 Å². The van der Waals surface area contributed by atoms with Gasteiger partial charge >= 0.3 is 0 Å². The topological polar surface area (TPSA) is 78.9 Å². The first-order valence-corrected chi connectivity index (χ1v) is 8.88. The van der Waals surface area contributed by atoms with E-state index in [-0.39, 0.29) is 5.48 Å². The second-order valence-electron chi connectivity index (χ2n) is 6.63. The van der Waals surface area contributed by atoms with E-state index < -0.39 is 0 Å².